The fourth-order valence-corrected chi connectivity index (χ4v) is 14.0. The van der Waals surface area contributed by atoms with E-state index in [-0.39, 0.29) is 20.1 Å². The molecule has 378 valence electrons. The molecular formula is C71H85B3. The van der Waals surface area contributed by atoms with E-state index in [0.29, 0.717) is 53.3 Å². The van der Waals surface area contributed by atoms with Gasteiger partial charge in [-0.15, -0.1) is 0 Å². The number of benzene rings is 7. The van der Waals surface area contributed by atoms with Crippen LogP contribution in [0.2, 0.25) is 0 Å². The number of hydrogen-bond acceptors (Lipinski definition) is 0. The molecule has 0 nitrogen and oxygen atoms in total. The van der Waals surface area contributed by atoms with Gasteiger partial charge in [0.1, 0.15) is 0 Å². The highest BCUT2D eigenvalue weighted by molar-refractivity contribution is 7.03. The lowest BCUT2D eigenvalue weighted by atomic mass is 9.35. The van der Waals surface area contributed by atoms with Crippen molar-refractivity contribution in [1.82, 2.24) is 0 Å². The average molecular weight is 971 g/mol. The Morgan fingerprint density at radius 3 is 0.635 bits per heavy atom. The lowest BCUT2D eigenvalue weighted by Crippen LogP contribution is -2.54. The van der Waals surface area contributed by atoms with Gasteiger partial charge in [0, 0.05) is 0 Å². The first kappa shape index (κ1) is 52.2. The smallest absolute Gasteiger partial charge is 0.0634 e. The van der Waals surface area contributed by atoms with E-state index in [1.165, 1.54) is 127 Å². The molecule has 74 heavy (non-hydrogen) atoms. The van der Waals surface area contributed by atoms with Crippen LogP contribution in [0.15, 0.2) is 97.1 Å². The minimum atomic E-state index is 0.0954. The summed E-state index contributed by atoms with van der Waals surface area (Å²) in [5.41, 5.74) is 38.1. The molecule has 3 heteroatoms. The minimum absolute atomic E-state index is 0.0954. The summed E-state index contributed by atoms with van der Waals surface area (Å²) >= 11 is 0. The van der Waals surface area contributed by atoms with Crippen LogP contribution in [0, 0.1) is 13.8 Å². The van der Waals surface area contributed by atoms with E-state index in [2.05, 4.69) is 236 Å². The summed E-state index contributed by atoms with van der Waals surface area (Å²) in [4.78, 5) is 0. The lowest BCUT2D eigenvalue weighted by molar-refractivity contribution is 0.812. The molecule has 7 aromatic carbocycles. The van der Waals surface area contributed by atoms with Crippen molar-refractivity contribution in [1.29, 1.82) is 0 Å². The second-order valence-corrected chi connectivity index (χ2v) is 26.3. The van der Waals surface area contributed by atoms with Crippen LogP contribution in [0.4, 0.5) is 0 Å². The standard InChI is InChI=1S/C71H85B3/c1-37(2)48-27-53(40(7)8)69(54(28-48)41(9)10)72-63-25-46(19)21-23-51(63)59-33-67-61(35-65(59)72)62-36-66-60(34-68(62)74(67)71-57(44(15)16)31-50(39(5)6)32-58(71)45(17)18)52-24-22-47(20)26-64(52)73(66)70-55(42(11)12)29-49(38(3)4)30-56(70)43(13)14/h21-45H,1-20H3. The normalized spacial score (nSPS) is 13.6. The molecule has 3 heterocycles. The van der Waals surface area contributed by atoms with Gasteiger partial charge in [0.15, 0.2) is 0 Å². The summed E-state index contributed by atoms with van der Waals surface area (Å²) < 4.78 is 0. The summed E-state index contributed by atoms with van der Waals surface area (Å²) in [5, 5.41) is 0. The minimum Gasteiger partial charge on any atom is -0.0634 e. The van der Waals surface area contributed by atoms with Gasteiger partial charge in [-0.25, -0.2) is 0 Å². The van der Waals surface area contributed by atoms with Gasteiger partial charge < -0.3 is 0 Å². The van der Waals surface area contributed by atoms with Crippen molar-refractivity contribution in [2.24, 2.45) is 0 Å². The third-order valence-corrected chi connectivity index (χ3v) is 18.0. The molecule has 0 saturated carbocycles. The fourth-order valence-electron chi connectivity index (χ4n) is 14.0. The molecule has 0 fully saturated rings. The average Bonchev–Trinajstić information content (AvgIpc) is 3.93. The Kier molecular flexibility index (Phi) is 13.7. The van der Waals surface area contributed by atoms with Crippen LogP contribution >= 0.6 is 0 Å². The van der Waals surface area contributed by atoms with E-state index in [1.54, 1.807) is 16.4 Å². The van der Waals surface area contributed by atoms with Crippen LogP contribution < -0.4 is 49.2 Å². The Morgan fingerprint density at radius 2 is 0.432 bits per heavy atom. The molecular weight excluding hydrogens is 885 g/mol. The largest absolute Gasteiger partial charge is 0.243 e. The highest BCUT2D eigenvalue weighted by Gasteiger charge is 2.46. The molecule has 0 bridgehead atoms. The maximum absolute atomic E-state index is 2.74. The van der Waals surface area contributed by atoms with Gasteiger partial charge in [-0.2, -0.15) is 0 Å². The number of fused-ring (bicyclic) bond motifs is 9. The predicted octanol–water partition coefficient (Wildman–Crippen LogP) is 13.9. The Bertz CT molecular complexity index is 3090. The molecule has 0 atom stereocenters. The highest BCUT2D eigenvalue weighted by Crippen LogP contribution is 2.38. The summed E-state index contributed by atoms with van der Waals surface area (Å²) in [6, 6.07) is 41.2. The predicted molar refractivity (Wildman–Crippen MR) is 332 cm³/mol. The molecule has 3 aliphatic rings. The molecule has 0 aromatic heterocycles. The zero-order valence-corrected chi connectivity index (χ0v) is 49.2. The van der Waals surface area contributed by atoms with Gasteiger partial charge in [0.2, 0.25) is 20.1 Å². The van der Waals surface area contributed by atoms with E-state index in [1.807, 2.05) is 0 Å². The third-order valence-electron chi connectivity index (χ3n) is 18.0. The van der Waals surface area contributed by atoms with Gasteiger partial charge in [-0.05, 0) is 151 Å². The molecule has 0 radical (unpaired) electrons. The van der Waals surface area contributed by atoms with E-state index >= 15 is 0 Å². The zero-order valence-electron chi connectivity index (χ0n) is 49.2. The fraction of sp³-hybridized carbons (Fsp3) is 0.408. The van der Waals surface area contributed by atoms with Gasteiger partial charge in [0.05, 0.1) is 0 Å². The van der Waals surface area contributed by atoms with Gasteiger partial charge >= 0.3 is 0 Å². The monoisotopic (exact) mass is 971 g/mol. The van der Waals surface area contributed by atoms with Gasteiger partial charge in [0.25, 0.3) is 0 Å². The Balaban J connectivity index is 1.35. The summed E-state index contributed by atoms with van der Waals surface area (Å²) in [5.74, 6) is 3.67. The molecule has 0 spiro atoms. The second kappa shape index (κ2) is 19.4. The molecule has 0 unspecified atom stereocenters. The molecule has 3 aliphatic heterocycles. The van der Waals surface area contributed by atoms with Crippen LogP contribution in [0.3, 0.4) is 0 Å². The number of rotatable bonds is 12. The van der Waals surface area contributed by atoms with E-state index in [0.717, 1.165) is 0 Å². The molecule has 0 N–H and O–H groups in total. The topological polar surface area (TPSA) is 0 Å². The second-order valence-electron chi connectivity index (χ2n) is 26.3. The molecule has 0 aliphatic carbocycles. The van der Waals surface area contributed by atoms with Crippen molar-refractivity contribution in [2.75, 3.05) is 0 Å². The Hall–Kier alpha value is -5.27. The molecule has 7 aromatic rings. The van der Waals surface area contributed by atoms with E-state index in [4.69, 9.17) is 0 Å². The third kappa shape index (κ3) is 8.45. The summed E-state index contributed by atoms with van der Waals surface area (Å²) in [6.45, 7) is 48.3. The summed E-state index contributed by atoms with van der Waals surface area (Å²) in [6.07, 6.45) is 0. The first-order valence-electron chi connectivity index (χ1n) is 29.1. The summed E-state index contributed by atoms with van der Waals surface area (Å²) in [7, 11) is 0. The van der Waals surface area contributed by atoms with Crippen LogP contribution in [-0.4, -0.2) is 20.1 Å². The first-order valence-corrected chi connectivity index (χ1v) is 29.1. The highest BCUT2D eigenvalue weighted by atomic mass is 14.3. The Morgan fingerprint density at radius 1 is 0.230 bits per heavy atom. The maximum Gasteiger partial charge on any atom is 0.243 e. The van der Waals surface area contributed by atoms with Crippen molar-refractivity contribution < 1.29 is 0 Å². The maximum atomic E-state index is 2.74. The van der Waals surface area contributed by atoms with Crippen molar-refractivity contribution in [2.45, 2.75) is 192 Å². The SMILES string of the molecule is Cc1ccc2c(c1)B(c1c(C(C)C)cc(C(C)C)cc1C(C)C)c1cc3c(cc1-2)B(c1c(C(C)C)cc(C(C)C)cc1C(C)C)c1cc2c(cc1-3)B(c1c(C(C)C)cc(C(C)C)cc1C(C)C)c1cc(C)ccc1-2. The quantitative estimate of drug-likeness (QED) is 0.107. The van der Waals surface area contributed by atoms with E-state index < -0.39 is 0 Å². The lowest BCUT2D eigenvalue weighted by Gasteiger charge is -2.27. The van der Waals surface area contributed by atoms with Crippen molar-refractivity contribution in [3.05, 3.63) is 158 Å². The Labute approximate surface area is 450 Å². The van der Waals surface area contributed by atoms with Crippen molar-refractivity contribution in [3.8, 4) is 33.4 Å². The molecule has 0 saturated heterocycles. The van der Waals surface area contributed by atoms with E-state index in [9.17, 15) is 0 Å². The van der Waals surface area contributed by atoms with Crippen LogP contribution in [0.25, 0.3) is 33.4 Å². The first-order chi connectivity index (χ1) is 35.0. The van der Waals surface area contributed by atoms with Gasteiger partial charge in [-0.1, -0.05) is 282 Å². The van der Waals surface area contributed by atoms with Crippen molar-refractivity contribution in [3.63, 3.8) is 0 Å². The van der Waals surface area contributed by atoms with Crippen LogP contribution in [-0.2, 0) is 0 Å². The van der Waals surface area contributed by atoms with Crippen molar-refractivity contribution >= 4 is 69.3 Å². The molecule has 10 rings (SSSR count). The number of hydrogen-bond donors (Lipinski definition) is 0. The number of aryl methyl sites for hydroxylation is 2. The van der Waals surface area contributed by atoms with Gasteiger partial charge in [-0.3, -0.25) is 0 Å². The van der Waals surface area contributed by atoms with Crippen LogP contribution in [0.5, 0.6) is 0 Å². The van der Waals surface area contributed by atoms with Crippen LogP contribution in [0.1, 0.15) is 239 Å². The molecule has 0 amide bonds. The zero-order chi connectivity index (χ0) is 53.3.